The van der Waals surface area contributed by atoms with Crippen LogP contribution in [0, 0.1) is 40.8 Å². The lowest BCUT2D eigenvalue weighted by atomic mass is 9.93. The van der Waals surface area contributed by atoms with E-state index in [-0.39, 0.29) is 36.2 Å². The third-order valence-electron chi connectivity index (χ3n) is 5.59. The van der Waals surface area contributed by atoms with Gasteiger partial charge in [-0.15, -0.1) is 6.42 Å². The smallest absolute Gasteiger partial charge is 0.238 e. The molecule has 1 saturated heterocycles. The van der Waals surface area contributed by atoms with Crippen molar-refractivity contribution in [3.8, 4) is 30.2 Å². The van der Waals surface area contributed by atoms with E-state index >= 15 is 0 Å². The molecule has 1 heterocycles. The molecule has 2 aliphatic rings. The van der Waals surface area contributed by atoms with E-state index in [9.17, 15) is 14.4 Å². The van der Waals surface area contributed by atoms with Crippen LogP contribution in [0.2, 0.25) is 0 Å². The average molecular weight is 394 g/mol. The van der Waals surface area contributed by atoms with Crippen LogP contribution in [0.4, 0.5) is 4.39 Å². The third-order valence-corrected chi connectivity index (χ3v) is 5.59. The summed E-state index contributed by atoms with van der Waals surface area (Å²) >= 11 is 0. The quantitative estimate of drug-likeness (QED) is 0.775. The van der Waals surface area contributed by atoms with E-state index in [1.807, 2.05) is 0 Å². The van der Waals surface area contributed by atoms with E-state index < -0.39 is 11.9 Å². The molecule has 7 heteroatoms. The summed E-state index contributed by atoms with van der Waals surface area (Å²) in [6.45, 7) is 0.160. The number of carbonyl (C=O) groups excluding carboxylic acids is 1. The molecule has 0 bridgehead atoms. The lowest BCUT2D eigenvalue weighted by Gasteiger charge is -2.30. The summed E-state index contributed by atoms with van der Waals surface area (Å²) in [5, 5.41) is 21.3. The fraction of sp³-hybridized carbons (Fsp3) is 0.500. The van der Waals surface area contributed by atoms with Gasteiger partial charge in [-0.05, 0) is 50.7 Å². The molecule has 1 aromatic carbocycles. The number of halogens is 1. The van der Waals surface area contributed by atoms with E-state index in [4.69, 9.17) is 16.4 Å². The van der Waals surface area contributed by atoms with E-state index in [0.29, 0.717) is 18.6 Å². The average Bonchev–Trinajstić information content (AvgIpc) is 3.16. The van der Waals surface area contributed by atoms with Gasteiger partial charge in [-0.3, -0.25) is 4.79 Å². The van der Waals surface area contributed by atoms with Gasteiger partial charge in [0, 0.05) is 12.1 Å². The van der Waals surface area contributed by atoms with E-state index in [2.05, 4.69) is 17.3 Å². The van der Waals surface area contributed by atoms with Gasteiger partial charge in [-0.2, -0.15) is 10.5 Å². The number of hydrogen-bond donors (Lipinski definition) is 1. The van der Waals surface area contributed by atoms with Crippen molar-refractivity contribution in [3.63, 3.8) is 0 Å². The highest BCUT2D eigenvalue weighted by atomic mass is 19.1. The number of nitrogens with one attached hydrogen (secondary N) is 1. The molecule has 1 saturated carbocycles. The maximum atomic E-state index is 13.7. The Balaban J connectivity index is 1.45. The molecule has 2 atom stereocenters. The van der Waals surface area contributed by atoms with Crippen molar-refractivity contribution in [2.24, 2.45) is 0 Å². The number of amides is 1. The third kappa shape index (κ3) is 4.86. The van der Waals surface area contributed by atoms with Gasteiger partial charge >= 0.3 is 0 Å². The second kappa shape index (κ2) is 9.41. The molecule has 150 valence electrons. The van der Waals surface area contributed by atoms with E-state index in [1.54, 1.807) is 12.1 Å². The largest absolute Gasteiger partial charge is 0.490 e. The minimum Gasteiger partial charge on any atom is -0.490 e. The molecule has 6 nitrogen and oxygen atoms in total. The molecular formula is C22H23FN4O2. The van der Waals surface area contributed by atoms with Crippen molar-refractivity contribution in [1.29, 1.82) is 10.5 Å². The fourth-order valence-corrected chi connectivity index (χ4v) is 4.01. The molecule has 0 unspecified atom stereocenters. The predicted octanol–water partition coefficient (Wildman–Crippen LogP) is 2.49. The molecule has 29 heavy (non-hydrogen) atoms. The monoisotopic (exact) mass is 394 g/mol. The number of carbonyl (C=O) groups is 1. The number of benzene rings is 1. The molecule has 0 spiro atoms. The second-order valence-corrected chi connectivity index (χ2v) is 7.43. The topological polar surface area (TPSA) is 89.2 Å². The molecule has 2 fully saturated rings. The van der Waals surface area contributed by atoms with Gasteiger partial charge in [-0.1, -0.05) is 5.92 Å². The fourth-order valence-electron chi connectivity index (χ4n) is 4.01. The highest BCUT2D eigenvalue weighted by molar-refractivity contribution is 5.80. The lowest BCUT2D eigenvalue weighted by molar-refractivity contribution is -0.131. The Morgan fingerprint density at radius 1 is 1.21 bits per heavy atom. The molecule has 0 aromatic heterocycles. The zero-order chi connectivity index (χ0) is 20.8. The summed E-state index contributed by atoms with van der Waals surface area (Å²) in [4.78, 5) is 14.1. The molecule has 1 aliphatic carbocycles. The van der Waals surface area contributed by atoms with Crippen molar-refractivity contribution in [2.75, 3.05) is 6.54 Å². The molecule has 1 aromatic rings. The Morgan fingerprint density at radius 2 is 1.93 bits per heavy atom. The van der Waals surface area contributed by atoms with Gasteiger partial charge in [0.1, 0.15) is 23.7 Å². The van der Waals surface area contributed by atoms with E-state index in [0.717, 1.165) is 25.7 Å². The number of ether oxygens (including phenoxy) is 1. The predicted molar refractivity (Wildman–Crippen MR) is 104 cm³/mol. The highest BCUT2D eigenvalue weighted by Crippen LogP contribution is 2.26. The normalized spacial score (nSPS) is 26.2. The van der Waals surface area contributed by atoms with Crippen LogP contribution in [0.5, 0.6) is 5.75 Å². The number of terminal acetylenes is 1. The summed E-state index contributed by atoms with van der Waals surface area (Å²) < 4.78 is 19.5. The van der Waals surface area contributed by atoms with Crippen LogP contribution in [-0.4, -0.2) is 41.6 Å². The summed E-state index contributed by atoms with van der Waals surface area (Å²) in [7, 11) is 0. The lowest BCUT2D eigenvalue weighted by Crippen LogP contribution is -2.47. The Hall–Kier alpha value is -3.08. The maximum absolute atomic E-state index is 13.7. The first-order valence-electron chi connectivity index (χ1n) is 9.82. The van der Waals surface area contributed by atoms with Crippen molar-refractivity contribution in [1.82, 2.24) is 10.2 Å². The van der Waals surface area contributed by atoms with Crippen LogP contribution in [-0.2, 0) is 4.79 Å². The number of nitrogens with zero attached hydrogens (tertiary/aromatic N) is 3. The Labute approximate surface area is 170 Å². The summed E-state index contributed by atoms with van der Waals surface area (Å²) in [6.07, 6.45) is 9.98. The first-order chi connectivity index (χ1) is 14.0. The van der Waals surface area contributed by atoms with Crippen LogP contribution < -0.4 is 10.1 Å². The van der Waals surface area contributed by atoms with Gasteiger partial charge in [-0.25, -0.2) is 4.39 Å². The standard InChI is InChI=1S/C22H23FN4O2/c1-2-17-6-7-18(13-25)27(17)22(28)14-26-16-4-9-19(10-5-16)29-20-8-3-15(12-24)21(23)11-20/h1,3,8,11,16-19,26H,4-7,9-10,14H2/t16?,17-,18-,19?/m0/s1. The minimum atomic E-state index is -0.582. The Morgan fingerprint density at radius 3 is 2.55 bits per heavy atom. The summed E-state index contributed by atoms with van der Waals surface area (Å²) in [5.41, 5.74) is -0.00126. The van der Waals surface area contributed by atoms with Crippen molar-refractivity contribution >= 4 is 5.91 Å². The van der Waals surface area contributed by atoms with Gasteiger partial charge < -0.3 is 15.0 Å². The molecule has 1 N–H and O–H groups in total. The van der Waals surface area contributed by atoms with Crippen LogP contribution >= 0.6 is 0 Å². The summed E-state index contributed by atoms with van der Waals surface area (Å²) in [6, 6.07) is 7.65. The Bertz CT molecular complexity index is 852. The van der Waals surface area contributed by atoms with Crippen molar-refractivity contribution in [3.05, 3.63) is 29.6 Å². The van der Waals surface area contributed by atoms with Gasteiger partial charge in [0.05, 0.1) is 30.3 Å². The second-order valence-electron chi connectivity index (χ2n) is 7.43. The molecule has 0 radical (unpaired) electrons. The molecule has 1 amide bonds. The molecule has 3 rings (SSSR count). The first kappa shape index (κ1) is 20.6. The van der Waals surface area contributed by atoms with Crippen LogP contribution in [0.3, 0.4) is 0 Å². The summed E-state index contributed by atoms with van der Waals surface area (Å²) in [5.74, 6) is 2.31. The Kier molecular flexibility index (Phi) is 6.70. The number of likely N-dealkylation sites (tertiary alicyclic amines) is 1. The van der Waals surface area contributed by atoms with Crippen LogP contribution in [0.25, 0.3) is 0 Å². The van der Waals surface area contributed by atoms with E-state index in [1.165, 1.54) is 17.0 Å². The zero-order valence-electron chi connectivity index (χ0n) is 16.1. The van der Waals surface area contributed by atoms with Gasteiger partial charge in [0.25, 0.3) is 0 Å². The first-order valence-corrected chi connectivity index (χ1v) is 9.82. The zero-order valence-corrected chi connectivity index (χ0v) is 16.1. The van der Waals surface area contributed by atoms with Crippen molar-refractivity contribution in [2.45, 2.75) is 62.8 Å². The van der Waals surface area contributed by atoms with Gasteiger partial charge in [0.2, 0.25) is 5.91 Å². The van der Waals surface area contributed by atoms with Crippen LogP contribution in [0.1, 0.15) is 44.1 Å². The highest BCUT2D eigenvalue weighted by Gasteiger charge is 2.36. The number of rotatable bonds is 5. The van der Waals surface area contributed by atoms with Crippen molar-refractivity contribution < 1.29 is 13.9 Å². The molecule has 1 aliphatic heterocycles. The van der Waals surface area contributed by atoms with Gasteiger partial charge in [0.15, 0.2) is 0 Å². The number of hydrogen-bond acceptors (Lipinski definition) is 5. The maximum Gasteiger partial charge on any atom is 0.238 e. The molecular weight excluding hydrogens is 371 g/mol. The van der Waals surface area contributed by atoms with Crippen LogP contribution in [0.15, 0.2) is 18.2 Å². The number of nitriles is 2. The minimum absolute atomic E-state index is 0.00126. The SMILES string of the molecule is C#C[C@H]1CC[C@@H](C#N)N1C(=O)CNC1CCC(Oc2ccc(C#N)c(F)c2)CC1.